The van der Waals surface area contributed by atoms with Gasteiger partial charge in [0.15, 0.2) is 11.7 Å². The maximum Gasteiger partial charge on any atom is 0.247 e. The first-order chi connectivity index (χ1) is 13.2. The van der Waals surface area contributed by atoms with Crippen LogP contribution in [-0.4, -0.2) is 23.9 Å². The molecule has 5 nitrogen and oxygen atoms in total. The molecule has 1 atom stereocenters. The zero-order valence-corrected chi connectivity index (χ0v) is 14.8. The smallest absolute Gasteiger partial charge is 0.247 e. The first-order valence-electron chi connectivity index (χ1n) is 8.63. The number of amidine groups is 2. The third kappa shape index (κ3) is 3.20. The predicted molar refractivity (Wildman–Crippen MR) is 107 cm³/mol. The molecule has 1 aliphatic rings. The Morgan fingerprint density at radius 1 is 0.852 bits per heavy atom. The van der Waals surface area contributed by atoms with Crippen molar-refractivity contribution in [3.05, 3.63) is 96.1 Å². The van der Waals surface area contributed by atoms with E-state index in [1.165, 1.54) is 0 Å². The largest absolute Gasteiger partial charge is 0.496 e. The second kappa shape index (κ2) is 7.05. The Morgan fingerprint density at radius 2 is 1.48 bits per heavy atom. The second-order valence-corrected chi connectivity index (χ2v) is 6.13. The molecule has 1 aliphatic heterocycles. The Balaban J connectivity index is 1.83. The van der Waals surface area contributed by atoms with Crippen molar-refractivity contribution in [1.29, 1.82) is 0 Å². The third-order valence-electron chi connectivity index (χ3n) is 4.37. The SMILES string of the molecule is COc1ccccc1C1(O)N=C(c2ccccc2)N=C1Nc1ccccc1. The molecule has 0 radical (unpaired) electrons. The molecule has 0 aliphatic carbocycles. The monoisotopic (exact) mass is 357 g/mol. The van der Waals surface area contributed by atoms with E-state index in [0.29, 0.717) is 23.0 Å². The van der Waals surface area contributed by atoms with Gasteiger partial charge in [-0.3, -0.25) is 0 Å². The molecule has 2 N–H and O–H groups in total. The number of para-hydroxylation sites is 2. The molecule has 0 saturated heterocycles. The van der Waals surface area contributed by atoms with Crippen LogP contribution in [0.2, 0.25) is 0 Å². The lowest BCUT2D eigenvalue weighted by Crippen LogP contribution is -2.36. The molecule has 27 heavy (non-hydrogen) atoms. The number of aliphatic imine (C=N–C) groups is 2. The van der Waals surface area contributed by atoms with Crippen LogP contribution in [0.15, 0.2) is 94.9 Å². The van der Waals surface area contributed by atoms with Crippen LogP contribution in [0.4, 0.5) is 5.69 Å². The van der Waals surface area contributed by atoms with Crippen LogP contribution in [0.25, 0.3) is 0 Å². The molecular weight excluding hydrogens is 338 g/mol. The highest BCUT2D eigenvalue weighted by molar-refractivity contribution is 6.17. The molecule has 0 spiro atoms. The van der Waals surface area contributed by atoms with Crippen molar-refractivity contribution in [2.24, 2.45) is 9.98 Å². The van der Waals surface area contributed by atoms with E-state index in [1.54, 1.807) is 19.2 Å². The molecule has 1 heterocycles. The highest BCUT2D eigenvalue weighted by atomic mass is 16.5. The maximum absolute atomic E-state index is 11.6. The van der Waals surface area contributed by atoms with Gasteiger partial charge in [0.2, 0.25) is 5.72 Å². The van der Waals surface area contributed by atoms with Gasteiger partial charge in [0.05, 0.1) is 12.7 Å². The lowest BCUT2D eigenvalue weighted by atomic mass is 10.0. The molecular formula is C22H19N3O2. The molecule has 134 valence electrons. The minimum atomic E-state index is -1.67. The number of hydrogen-bond acceptors (Lipinski definition) is 5. The lowest BCUT2D eigenvalue weighted by molar-refractivity contribution is 0.121. The van der Waals surface area contributed by atoms with E-state index in [1.807, 2.05) is 72.8 Å². The zero-order valence-electron chi connectivity index (χ0n) is 14.8. The van der Waals surface area contributed by atoms with Gasteiger partial charge in [-0.1, -0.05) is 60.7 Å². The molecule has 0 amide bonds. The second-order valence-electron chi connectivity index (χ2n) is 6.13. The van der Waals surface area contributed by atoms with Gasteiger partial charge in [-0.15, -0.1) is 0 Å². The lowest BCUT2D eigenvalue weighted by Gasteiger charge is -2.24. The average molecular weight is 357 g/mol. The quantitative estimate of drug-likeness (QED) is 0.746. The van der Waals surface area contributed by atoms with E-state index in [2.05, 4.69) is 15.3 Å². The number of ether oxygens (including phenoxy) is 1. The number of hydrogen-bond donors (Lipinski definition) is 2. The first kappa shape index (κ1) is 17.0. The van der Waals surface area contributed by atoms with Crippen molar-refractivity contribution < 1.29 is 9.84 Å². The van der Waals surface area contributed by atoms with Crippen LogP contribution in [0.1, 0.15) is 11.1 Å². The minimum absolute atomic E-state index is 0.331. The number of benzene rings is 3. The fraction of sp³-hybridized carbons (Fsp3) is 0.0909. The number of methoxy groups -OCH3 is 1. The topological polar surface area (TPSA) is 66.2 Å². The first-order valence-corrected chi connectivity index (χ1v) is 8.63. The average Bonchev–Trinajstić information content (AvgIpc) is 3.07. The fourth-order valence-corrected chi connectivity index (χ4v) is 3.03. The summed E-state index contributed by atoms with van der Waals surface area (Å²) < 4.78 is 5.45. The van der Waals surface area contributed by atoms with Gasteiger partial charge in [0, 0.05) is 11.3 Å². The van der Waals surface area contributed by atoms with Gasteiger partial charge in [-0.05, 0) is 24.3 Å². The van der Waals surface area contributed by atoms with Gasteiger partial charge in [-0.2, -0.15) is 0 Å². The van der Waals surface area contributed by atoms with E-state index < -0.39 is 5.72 Å². The van der Waals surface area contributed by atoms with Crippen LogP contribution in [0.3, 0.4) is 0 Å². The van der Waals surface area contributed by atoms with Crippen LogP contribution in [0.5, 0.6) is 5.75 Å². The molecule has 4 rings (SSSR count). The Bertz CT molecular complexity index is 1000. The molecule has 0 aromatic heterocycles. The summed E-state index contributed by atoms with van der Waals surface area (Å²) in [5.74, 6) is 1.33. The summed E-state index contributed by atoms with van der Waals surface area (Å²) in [4.78, 5) is 9.18. The van der Waals surface area contributed by atoms with Crippen molar-refractivity contribution >= 4 is 17.4 Å². The van der Waals surface area contributed by atoms with E-state index in [4.69, 9.17) is 4.74 Å². The fourth-order valence-electron chi connectivity index (χ4n) is 3.03. The molecule has 5 heteroatoms. The van der Waals surface area contributed by atoms with Crippen LogP contribution >= 0.6 is 0 Å². The highest BCUT2D eigenvalue weighted by Gasteiger charge is 2.42. The molecule has 0 bridgehead atoms. The standard InChI is InChI=1S/C22H19N3O2/c1-27-19-15-9-8-14-18(19)22(26)21(23-17-12-6-3-7-13-17)24-20(25-22)16-10-4-2-5-11-16/h2-15,26H,1H3,(H,23,24,25). The number of nitrogens with one attached hydrogen (secondary N) is 1. The summed E-state index contributed by atoms with van der Waals surface area (Å²) >= 11 is 0. The van der Waals surface area contributed by atoms with Gasteiger partial charge in [-0.25, -0.2) is 9.98 Å². The van der Waals surface area contributed by atoms with E-state index >= 15 is 0 Å². The highest BCUT2D eigenvalue weighted by Crippen LogP contribution is 2.36. The number of aliphatic hydroxyl groups is 1. The Kier molecular flexibility index (Phi) is 4.44. The summed E-state index contributed by atoms with van der Waals surface area (Å²) in [6.07, 6.45) is 0. The van der Waals surface area contributed by atoms with Crippen LogP contribution in [0, 0.1) is 0 Å². The summed E-state index contributed by atoms with van der Waals surface area (Å²) in [6.45, 7) is 0. The van der Waals surface area contributed by atoms with Crippen molar-refractivity contribution in [1.82, 2.24) is 0 Å². The van der Waals surface area contributed by atoms with E-state index in [9.17, 15) is 5.11 Å². The van der Waals surface area contributed by atoms with Gasteiger partial charge in [0.25, 0.3) is 0 Å². The van der Waals surface area contributed by atoms with E-state index in [0.717, 1.165) is 11.3 Å². The van der Waals surface area contributed by atoms with Crippen molar-refractivity contribution in [2.75, 3.05) is 12.4 Å². The molecule has 0 fully saturated rings. The Hall–Kier alpha value is -3.44. The van der Waals surface area contributed by atoms with Gasteiger partial charge in [0.1, 0.15) is 5.75 Å². The Labute approximate surface area is 157 Å². The normalized spacial score (nSPS) is 18.6. The van der Waals surface area contributed by atoms with Gasteiger partial charge >= 0.3 is 0 Å². The predicted octanol–water partition coefficient (Wildman–Crippen LogP) is 3.81. The minimum Gasteiger partial charge on any atom is -0.496 e. The summed E-state index contributed by atoms with van der Waals surface area (Å²) in [5, 5.41) is 14.8. The molecule has 1 unspecified atom stereocenters. The summed E-state index contributed by atoms with van der Waals surface area (Å²) in [7, 11) is 1.57. The third-order valence-corrected chi connectivity index (χ3v) is 4.37. The van der Waals surface area contributed by atoms with Crippen molar-refractivity contribution in [3.8, 4) is 5.75 Å². The Morgan fingerprint density at radius 3 is 2.19 bits per heavy atom. The molecule has 3 aromatic carbocycles. The van der Waals surface area contributed by atoms with Crippen LogP contribution in [-0.2, 0) is 5.72 Å². The van der Waals surface area contributed by atoms with E-state index in [-0.39, 0.29) is 0 Å². The van der Waals surface area contributed by atoms with Gasteiger partial charge < -0.3 is 15.2 Å². The van der Waals surface area contributed by atoms with Crippen LogP contribution < -0.4 is 10.1 Å². The molecule has 3 aromatic rings. The number of rotatable bonds is 4. The zero-order chi connectivity index (χ0) is 18.7. The number of nitrogens with zero attached hydrogens (tertiary/aromatic N) is 2. The molecule has 0 saturated carbocycles. The summed E-state index contributed by atoms with van der Waals surface area (Å²) in [6, 6.07) is 26.4. The maximum atomic E-state index is 11.6. The van der Waals surface area contributed by atoms with Crippen molar-refractivity contribution in [3.63, 3.8) is 0 Å². The number of anilines is 1. The summed E-state index contributed by atoms with van der Waals surface area (Å²) in [5.41, 5.74) is 0.499. The van der Waals surface area contributed by atoms with Crippen molar-refractivity contribution in [2.45, 2.75) is 5.72 Å².